The number of amides is 1. The molecule has 5 rings (SSSR count). The number of aromatic amines is 1. The van der Waals surface area contributed by atoms with Crippen LogP contribution in [-0.4, -0.2) is 11.7 Å². The number of Topliss-reactive ketones (excluding diaryl/α,β-unsaturated/α-hetero) is 1. The zero-order valence-electron chi connectivity index (χ0n) is 19.3. The fourth-order valence-electron chi connectivity index (χ4n) is 5.02. The third-order valence-electron chi connectivity index (χ3n) is 6.48. The van der Waals surface area contributed by atoms with Gasteiger partial charge >= 0.3 is 0 Å². The van der Waals surface area contributed by atoms with Gasteiger partial charge in [-0.15, -0.1) is 0 Å². The second-order valence-corrected chi connectivity index (χ2v) is 10.2. The van der Waals surface area contributed by atoms with Gasteiger partial charge < -0.3 is 5.32 Å². The molecule has 0 saturated heterocycles. The van der Waals surface area contributed by atoms with E-state index in [-0.39, 0.29) is 23.5 Å². The molecule has 1 aliphatic carbocycles. The van der Waals surface area contributed by atoms with Crippen molar-refractivity contribution >= 4 is 34.7 Å². The van der Waals surface area contributed by atoms with E-state index >= 15 is 0 Å². The minimum Gasteiger partial charge on any atom is -0.357 e. The highest BCUT2D eigenvalue weighted by Crippen LogP contribution is 2.48. The van der Waals surface area contributed by atoms with Gasteiger partial charge in [0.25, 0.3) is 0 Å². The van der Waals surface area contributed by atoms with Gasteiger partial charge in [-0.3, -0.25) is 14.5 Å². The summed E-state index contributed by atoms with van der Waals surface area (Å²) in [5, 5.41) is 4.17. The van der Waals surface area contributed by atoms with E-state index in [1.807, 2.05) is 60.9 Å². The molecule has 1 amide bonds. The van der Waals surface area contributed by atoms with Gasteiger partial charge in [0.15, 0.2) is 18.2 Å². The van der Waals surface area contributed by atoms with E-state index in [9.17, 15) is 9.59 Å². The highest BCUT2D eigenvalue weighted by molar-refractivity contribution is 6.30. The first-order chi connectivity index (χ1) is 16.3. The first-order valence-electron chi connectivity index (χ1n) is 11.5. The number of halogens is 1. The number of aromatic nitrogens is 1. The smallest absolute Gasteiger partial charge is 0.232 e. The van der Waals surface area contributed by atoms with Gasteiger partial charge in [-0.2, -0.15) is 0 Å². The first kappa shape index (κ1) is 22.4. The maximum Gasteiger partial charge on any atom is 0.232 e. The largest absolute Gasteiger partial charge is 0.357 e. The molecule has 2 heterocycles. The third-order valence-corrected chi connectivity index (χ3v) is 6.74. The van der Waals surface area contributed by atoms with Gasteiger partial charge in [0, 0.05) is 34.3 Å². The van der Waals surface area contributed by atoms with E-state index in [0.29, 0.717) is 17.0 Å². The molecular weight excluding hydrogens is 446 g/mol. The summed E-state index contributed by atoms with van der Waals surface area (Å²) < 4.78 is 0. The Bertz CT molecular complexity index is 1280. The van der Waals surface area contributed by atoms with Gasteiger partial charge in [0.2, 0.25) is 5.91 Å². The molecule has 0 saturated carbocycles. The lowest BCUT2D eigenvalue weighted by Gasteiger charge is -2.36. The van der Waals surface area contributed by atoms with E-state index in [1.54, 1.807) is 17.0 Å². The number of rotatable bonds is 3. The Morgan fingerprint density at radius 2 is 1.85 bits per heavy atom. The highest BCUT2D eigenvalue weighted by Gasteiger charge is 2.43. The van der Waals surface area contributed by atoms with Crippen molar-refractivity contribution in [2.45, 2.75) is 39.2 Å². The standard InChI is InChI=1S/C28H26ClN3O2/c1-28(2)15-22-26(24(33)16-28)27(19-6-5-13-30-17-19)32(23-8-4-3-7-21(23)31-22)25(34)14-18-9-11-20(29)12-10-18/h3-13,17,27,31H,14-16H2,1-2H3/p+1. The molecule has 0 fully saturated rings. The van der Waals surface area contributed by atoms with E-state index < -0.39 is 6.04 Å². The Balaban J connectivity index is 1.70. The lowest BCUT2D eigenvalue weighted by atomic mass is 9.73. The zero-order chi connectivity index (χ0) is 23.9. The number of carbonyl (C=O) groups is 2. The number of nitrogens with one attached hydrogen (secondary N) is 2. The summed E-state index contributed by atoms with van der Waals surface area (Å²) in [4.78, 5) is 32.5. The number of ketones is 1. The Morgan fingerprint density at radius 3 is 2.59 bits per heavy atom. The van der Waals surface area contributed by atoms with Gasteiger partial charge in [-0.1, -0.05) is 49.7 Å². The number of anilines is 2. The Hall–Kier alpha value is -3.44. The number of benzene rings is 2. The summed E-state index contributed by atoms with van der Waals surface area (Å²) in [5.74, 6) is -0.0125. The first-order valence-corrected chi connectivity index (χ1v) is 11.8. The Labute approximate surface area is 204 Å². The number of allylic oxidation sites excluding steroid dienone is 1. The summed E-state index contributed by atoms with van der Waals surface area (Å²) >= 11 is 6.05. The van der Waals surface area contributed by atoms with Crippen molar-refractivity contribution in [3.63, 3.8) is 0 Å². The fourth-order valence-corrected chi connectivity index (χ4v) is 5.14. The fraction of sp³-hybridized carbons (Fsp3) is 0.250. The van der Waals surface area contributed by atoms with Crippen molar-refractivity contribution in [1.82, 2.24) is 0 Å². The predicted octanol–water partition coefficient (Wildman–Crippen LogP) is 5.54. The molecule has 2 aliphatic rings. The number of fused-ring (bicyclic) bond motifs is 1. The predicted molar refractivity (Wildman–Crippen MR) is 133 cm³/mol. The minimum atomic E-state index is -0.535. The van der Waals surface area contributed by atoms with Crippen LogP contribution in [0.4, 0.5) is 11.4 Å². The van der Waals surface area contributed by atoms with Crippen molar-refractivity contribution in [2.75, 3.05) is 10.2 Å². The number of H-pyrrole nitrogens is 1. The molecule has 1 atom stereocenters. The third kappa shape index (κ3) is 4.24. The van der Waals surface area contributed by atoms with E-state index in [4.69, 9.17) is 11.6 Å². The van der Waals surface area contributed by atoms with Gasteiger partial charge in [-0.25, -0.2) is 4.98 Å². The molecule has 3 aromatic rings. The number of hydrogen-bond donors (Lipinski definition) is 1. The number of carbonyl (C=O) groups excluding carboxylic acids is 2. The van der Waals surface area contributed by atoms with Crippen molar-refractivity contribution in [3.05, 3.63) is 100 Å². The molecule has 0 spiro atoms. The molecule has 5 nitrogen and oxygen atoms in total. The van der Waals surface area contributed by atoms with Crippen LogP contribution in [0.25, 0.3) is 0 Å². The summed E-state index contributed by atoms with van der Waals surface area (Å²) in [5.41, 5.74) is 4.72. The molecular formula is C28H27ClN3O2+. The summed E-state index contributed by atoms with van der Waals surface area (Å²) in [6.07, 6.45) is 5.07. The highest BCUT2D eigenvalue weighted by atomic mass is 35.5. The van der Waals surface area contributed by atoms with Crippen LogP contribution < -0.4 is 15.2 Å². The monoisotopic (exact) mass is 472 g/mol. The van der Waals surface area contributed by atoms with E-state index in [1.165, 1.54) is 0 Å². The zero-order valence-corrected chi connectivity index (χ0v) is 20.0. The van der Waals surface area contributed by atoms with Crippen LogP contribution in [0.3, 0.4) is 0 Å². The SMILES string of the molecule is CC1(C)CC(=O)C2=C(C1)Nc1ccccc1N(C(=O)Cc1ccc(Cl)cc1)C2c1ccc[nH+]c1. The summed E-state index contributed by atoms with van der Waals surface area (Å²) in [7, 11) is 0. The Morgan fingerprint density at radius 1 is 1.09 bits per heavy atom. The molecule has 0 radical (unpaired) electrons. The lowest BCUT2D eigenvalue weighted by Crippen LogP contribution is -2.40. The molecule has 34 heavy (non-hydrogen) atoms. The molecule has 172 valence electrons. The topological polar surface area (TPSA) is 63.6 Å². The average Bonchev–Trinajstić information content (AvgIpc) is 2.94. The second kappa shape index (κ2) is 8.73. The van der Waals surface area contributed by atoms with Crippen molar-refractivity contribution < 1.29 is 14.6 Å². The maximum absolute atomic E-state index is 14.0. The molecule has 2 aromatic carbocycles. The minimum absolute atomic E-state index is 0.0738. The average molecular weight is 473 g/mol. The van der Waals surface area contributed by atoms with E-state index in [2.05, 4.69) is 24.1 Å². The normalized spacial score (nSPS) is 19.1. The van der Waals surface area contributed by atoms with Crippen LogP contribution in [0.5, 0.6) is 0 Å². The van der Waals surface area contributed by atoms with Crippen LogP contribution in [0, 0.1) is 5.41 Å². The lowest BCUT2D eigenvalue weighted by molar-refractivity contribution is -0.378. The number of nitrogens with zero attached hydrogens (tertiary/aromatic N) is 1. The Kier molecular flexibility index (Phi) is 5.74. The summed E-state index contributed by atoms with van der Waals surface area (Å²) in [6.45, 7) is 4.23. The number of hydrogen-bond acceptors (Lipinski definition) is 3. The van der Waals surface area contributed by atoms with Gasteiger partial charge in [-0.05, 0) is 47.7 Å². The summed E-state index contributed by atoms with van der Waals surface area (Å²) in [6, 6.07) is 18.4. The van der Waals surface area contributed by atoms with E-state index in [0.717, 1.165) is 34.6 Å². The molecule has 1 aliphatic heterocycles. The van der Waals surface area contributed by atoms with Crippen LogP contribution in [0.1, 0.15) is 43.9 Å². The van der Waals surface area contributed by atoms with Gasteiger partial charge in [0.05, 0.1) is 23.8 Å². The van der Waals surface area contributed by atoms with Crippen LogP contribution >= 0.6 is 11.6 Å². The molecule has 6 heteroatoms. The molecule has 0 bridgehead atoms. The number of pyridine rings is 1. The van der Waals surface area contributed by atoms with Crippen molar-refractivity contribution in [2.24, 2.45) is 5.41 Å². The van der Waals surface area contributed by atoms with Crippen molar-refractivity contribution in [1.29, 1.82) is 0 Å². The van der Waals surface area contributed by atoms with Crippen LogP contribution in [-0.2, 0) is 16.0 Å². The van der Waals surface area contributed by atoms with Crippen LogP contribution in [0.15, 0.2) is 84.3 Å². The van der Waals surface area contributed by atoms with Crippen LogP contribution in [0.2, 0.25) is 5.02 Å². The molecule has 1 unspecified atom stereocenters. The number of para-hydroxylation sites is 2. The molecule has 2 N–H and O–H groups in total. The van der Waals surface area contributed by atoms with Gasteiger partial charge in [0.1, 0.15) is 0 Å². The van der Waals surface area contributed by atoms with Crippen molar-refractivity contribution in [3.8, 4) is 0 Å². The molecule has 1 aromatic heterocycles. The maximum atomic E-state index is 14.0. The quantitative estimate of drug-likeness (QED) is 0.544. The second-order valence-electron chi connectivity index (χ2n) is 9.78.